The molecule has 1 heterocycles. The number of para-hydroxylation sites is 1. The first kappa shape index (κ1) is 16.8. The van der Waals surface area contributed by atoms with Gasteiger partial charge in [0, 0.05) is 25.3 Å². The minimum absolute atomic E-state index is 0. The summed E-state index contributed by atoms with van der Waals surface area (Å²) >= 11 is 0. The summed E-state index contributed by atoms with van der Waals surface area (Å²) in [4.78, 5) is 11.6. The monoisotopic (exact) mass is 300 g/mol. The molecule has 1 saturated heterocycles. The highest BCUT2D eigenvalue weighted by molar-refractivity contribution is 5.85. The summed E-state index contributed by atoms with van der Waals surface area (Å²) in [6.07, 6.45) is 2.23. The number of amides is 1. The molecular formula is C14H21ClN2O3. The number of halogens is 1. The van der Waals surface area contributed by atoms with E-state index in [9.17, 15) is 4.79 Å². The SMILES string of the molecule is Cl.NCc1ccccc1OCC(=O)NCC1CCCO1. The zero-order chi connectivity index (χ0) is 13.5. The molecule has 0 saturated carbocycles. The minimum atomic E-state index is -0.137. The first-order chi connectivity index (χ1) is 9.29. The molecule has 20 heavy (non-hydrogen) atoms. The number of nitrogens with one attached hydrogen (secondary N) is 1. The zero-order valence-corrected chi connectivity index (χ0v) is 12.2. The molecule has 1 fully saturated rings. The predicted octanol–water partition coefficient (Wildman–Crippen LogP) is 1.24. The van der Waals surface area contributed by atoms with Gasteiger partial charge in [-0.25, -0.2) is 0 Å². The van der Waals surface area contributed by atoms with Gasteiger partial charge in [-0.1, -0.05) is 18.2 Å². The zero-order valence-electron chi connectivity index (χ0n) is 11.3. The van der Waals surface area contributed by atoms with Gasteiger partial charge in [0.15, 0.2) is 6.61 Å². The van der Waals surface area contributed by atoms with E-state index in [0.717, 1.165) is 25.0 Å². The Morgan fingerprint density at radius 2 is 2.25 bits per heavy atom. The third-order valence-electron chi connectivity index (χ3n) is 3.10. The van der Waals surface area contributed by atoms with Crippen molar-refractivity contribution in [2.45, 2.75) is 25.5 Å². The molecule has 0 aliphatic carbocycles. The summed E-state index contributed by atoms with van der Waals surface area (Å²) in [6.45, 7) is 1.75. The van der Waals surface area contributed by atoms with Crippen LogP contribution in [0.3, 0.4) is 0 Å². The maximum Gasteiger partial charge on any atom is 0.258 e. The molecule has 0 aromatic heterocycles. The Kier molecular flexibility index (Phi) is 7.36. The summed E-state index contributed by atoms with van der Waals surface area (Å²) in [5.74, 6) is 0.527. The molecule has 3 N–H and O–H groups in total. The van der Waals surface area contributed by atoms with E-state index in [1.165, 1.54) is 0 Å². The van der Waals surface area contributed by atoms with E-state index in [-0.39, 0.29) is 31.0 Å². The average Bonchev–Trinajstić information content (AvgIpc) is 2.96. The maximum absolute atomic E-state index is 11.6. The lowest BCUT2D eigenvalue weighted by Crippen LogP contribution is -2.35. The smallest absolute Gasteiger partial charge is 0.258 e. The molecule has 0 spiro atoms. The number of carbonyl (C=O) groups is 1. The van der Waals surface area contributed by atoms with Crippen LogP contribution in [0.1, 0.15) is 18.4 Å². The molecule has 1 unspecified atom stereocenters. The first-order valence-electron chi connectivity index (χ1n) is 6.58. The average molecular weight is 301 g/mol. The van der Waals surface area contributed by atoms with Crippen LogP contribution >= 0.6 is 12.4 Å². The van der Waals surface area contributed by atoms with Gasteiger partial charge in [0.05, 0.1) is 6.10 Å². The van der Waals surface area contributed by atoms with E-state index in [0.29, 0.717) is 18.8 Å². The predicted molar refractivity (Wildman–Crippen MR) is 79.1 cm³/mol. The van der Waals surface area contributed by atoms with Crippen molar-refractivity contribution in [2.24, 2.45) is 5.73 Å². The fraction of sp³-hybridized carbons (Fsp3) is 0.500. The Hall–Kier alpha value is -1.30. The number of rotatable bonds is 6. The van der Waals surface area contributed by atoms with Gasteiger partial charge in [-0.3, -0.25) is 4.79 Å². The van der Waals surface area contributed by atoms with E-state index in [4.69, 9.17) is 15.2 Å². The number of hydrogen-bond donors (Lipinski definition) is 2. The highest BCUT2D eigenvalue weighted by Gasteiger charge is 2.16. The van der Waals surface area contributed by atoms with Crippen LogP contribution in [0.15, 0.2) is 24.3 Å². The summed E-state index contributed by atoms with van der Waals surface area (Å²) in [5, 5.41) is 2.81. The Balaban J connectivity index is 0.00000200. The second kappa shape index (κ2) is 8.79. The van der Waals surface area contributed by atoms with Crippen LogP contribution in [0.5, 0.6) is 5.75 Å². The van der Waals surface area contributed by atoms with Crippen LogP contribution in [-0.2, 0) is 16.1 Å². The minimum Gasteiger partial charge on any atom is -0.483 e. The van der Waals surface area contributed by atoms with E-state index >= 15 is 0 Å². The molecule has 0 bridgehead atoms. The Morgan fingerprint density at radius 1 is 1.45 bits per heavy atom. The van der Waals surface area contributed by atoms with Gasteiger partial charge in [-0.15, -0.1) is 12.4 Å². The molecule has 1 aliphatic heterocycles. The molecular weight excluding hydrogens is 280 g/mol. The number of benzene rings is 1. The summed E-state index contributed by atoms with van der Waals surface area (Å²) in [6, 6.07) is 7.46. The van der Waals surface area contributed by atoms with Gasteiger partial charge in [0.25, 0.3) is 5.91 Å². The lowest BCUT2D eigenvalue weighted by atomic mass is 10.2. The van der Waals surface area contributed by atoms with Crippen molar-refractivity contribution >= 4 is 18.3 Å². The Morgan fingerprint density at radius 3 is 2.95 bits per heavy atom. The largest absolute Gasteiger partial charge is 0.483 e. The number of hydrogen-bond acceptors (Lipinski definition) is 4. The lowest BCUT2D eigenvalue weighted by molar-refractivity contribution is -0.123. The summed E-state index contributed by atoms with van der Waals surface area (Å²) in [7, 11) is 0. The molecule has 1 aromatic rings. The third kappa shape index (κ3) is 5.00. The van der Waals surface area contributed by atoms with E-state index in [2.05, 4.69) is 5.32 Å². The standard InChI is InChI=1S/C14H20N2O3.ClH/c15-8-11-4-1-2-6-13(11)19-10-14(17)16-9-12-5-3-7-18-12;/h1-2,4,6,12H,3,5,7-10,15H2,(H,16,17);1H. The quantitative estimate of drug-likeness (QED) is 0.829. The van der Waals surface area contributed by atoms with Gasteiger partial charge in [-0.2, -0.15) is 0 Å². The van der Waals surface area contributed by atoms with Gasteiger partial charge >= 0.3 is 0 Å². The molecule has 0 radical (unpaired) electrons. The van der Waals surface area contributed by atoms with Crippen molar-refractivity contribution in [3.8, 4) is 5.75 Å². The molecule has 1 aromatic carbocycles. The van der Waals surface area contributed by atoms with Crippen LogP contribution in [0.2, 0.25) is 0 Å². The van der Waals surface area contributed by atoms with Crippen molar-refractivity contribution in [1.82, 2.24) is 5.32 Å². The lowest BCUT2D eigenvalue weighted by Gasteiger charge is -2.12. The summed E-state index contributed by atoms with van der Waals surface area (Å²) < 4.78 is 10.9. The highest BCUT2D eigenvalue weighted by Crippen LogP contribution is 2.16. The topological polar surface area (TPSA) is 73.6 Å². The first-order valence-corrected chi connectivity index (χ1v) is 6.58. The van der Waals surface area contributed by atoms with Crippen LogP contribution in [0.25, 0.3) is 0 Å². The Bertz CT molecular complexity index is 423. The number of carbonyl (C=O) groups excluding carboxylic acids is 1. The molecule has 112 valence electrons. The molecule has 1 aliphatic rings. The molecule has 6 heteroatoms. The number of ether oxygens (including phenoxy) is 2. The van der Waals surface area contributed by atoms with Gasteiger partial charge < -0.3 is 20.5 Å². The summed E-state index contributed by atoms with van der Waals surface area (Å²) in [5.41, 5.74) is 6.50. The van der Waals surface area contributed by atoms with Gasteiger partial charge in [-0.05, 0) is 18.9 Å². The molecule has 1 amide bonds. The molecule has 1 atom stereocenters. The van der Waals surface area contributed by atoms with Gasteiger partial charge in [0.1, 0.15) is 5.75 Å². The molecule has 5 nitrogen and oxygen atoms in total. The Labute approximate surface area is 125 Å². The van der Waals surface area contributed by atoms with Gasteiger partial charge in [0.2, 0.25) is 0 Å². The van der Waals surface area contributed by atoms with Crippen molar-refractivity contribution in [1.29, 1.82) is 0 Å². The van der Waals surface area contributed by atoms with Crippen molar-refractivity contribution in [3.05, 3.63) is 29.8 Å². The maximum atomic E-state index is 11.6. The number of nitrogens with two attached hydrogens (primary N) is 1. The van der Waals surface area contributed by atoms with Crippen LogP contribution in [0, 0.1) is 0 Å². The van der Waals surface area contributed by atoms with Crippen molar-refractivity contribution < 1.29 is 14.3 Å². The fourth-order valence-corrected chi connectivity index (χ4v) is 2.04. The van der Waals surface area contributed by atoms with Crippen LogP contribution < -0.4 is 15.8 Å². The molecule has 2 rings (SSSR count). The fourth-order valence-electron chi connectivity index (χ4n) is 2.04. The van der Waals surface area contributed by atoms with E-state index < -0.39 is 0 Å². The van der Waals surface area contributed by atoms with Crippen molar-refractivity contribution in [3.63, 3.8) is 0 Å². The van der Waals surface area contributed by atoms with Crippen LogP contribution in [0.4, 0.5) is 0 Å². The van der Waals surface area contributed by atoms with Crippen LogP contribution in [-0.4, -0.2) is 31.8 Å². The second-order valence-corrected chi connectivity index (χ2v) is 4.54. The van der Waals surface area contributed by atoms with E-state index in [1.54, 1.807) is 0 Å². The normalized spacial score (nSPS) is 17.4. The third-order valence-corrected chi connectivity index (χ3v) is 3.10. The van der Waals surface area contributed by atoms with E-state index in [1.807, 2.05) is 24.3 Å². The van der Waals surface area contributed by atoms with Crippen molar-refractivity contribution in [2.75, 3.05) is 19.8 Å². The second-order valence-electron chi connectivity index (χ2n) is 4.54. The highest BCUT2D eigenvalue weighted by atomic mass is 35.5.